The van der Waals surface area contributed by atoms with Crippen molar-refractivity contribution in [3.05, 3.63) is 36.1 Å². The van der Waals surface area contributed by atoms with E-state index in [1.54, 1.807) is 6.92 Å². The van der Waals surface area contributed by atoms with Crippen molar-refractivity contribution >= 4 is 11.0 Å². The van der Waals surface area contributed by atoms with Gasteiger partial charge in [0.25, 0.3) is 0 Å². The first-order chi connectivity index (χ1) is 6.81. The van der Waals surface area contributed by atoms with Crippen LogP contribution in [0.15, 0.2) is 34.7 Å². The van der Waals surface area contributed by atoms with Crippen molar-refractivity contribution in [1.82, 2.24) is 0 Å². The summed E-state index contributed by atoms with van der Waals surface area (Å²) in [4.78, 5) is 0. The Bertz CT molecular complexity index is 399. The van der Waals surface area contributed by atoms with E-state index >= 15 is 0 Å². The van der Waals surface area contributed by atoms with Crippen LogP contribution in [0.1, 0.15) is 19.6 Å². The van der Waals surface area contributed by atoms with Gasteiger partial charge in [0.05, 0.1) is 0 Å². The quantitative estimate of drug-likeness (QED) is 0.620. The van der Waals surface area contributed by atoms with E-state index < -0.39 is 0 Å². The molecule has 0 fully saturated rings. The number of hydrogen-bond acceptors (Lipinski definition) is 1. The van der Waals surface area contributed by atoms with E-state index in [1.807, 2.05) is 18.2 Å². The highest BCUT2D eigenvalue weighted by Crippen LogP contribution is 2.18. The first-order valence-electron chi connectivity index (χ1n) is 4.66. The predicted molar refractivity (Wildman–Crippen MR) is 60.1 cm³/mol. The molecule has 0 atom stereocenters. The molecular weight excluding hydrogens is 172 g/mol. The summed E-state index contributed by atoms with van der Waals surface area (Å²) in [6.45, 7) is 3.75. The van der Waals surface area contributed by atoms with E-state index in [0.29, 0.717) is 0 Å². The van der Waals surface area contributed by atoms with E-state index in [2.05, 4.69) is 31.4 Å². The van der Waals surface area contributed by atoms with Gasteiger partial charge in [-0.1, -0.05) is 25.1 Å². The third kappa shape index (κ3) is 2.40. The zero-order valence-corrected chi connectivity index (χ0v) is 8.58. The molecule has 0 amide bonds. The summed E-state index contributed by atoms with van der Waals surface area (Å²) in [5.41, 5.74) is 0.990. The number of para-hydroxylation sites is 1. The summed E-state index contributed by atoms with van der Waals surface area (Å²) in [6, 6.07) is 10.2. The van der Waals surface area contributed by atoms with E-state index in [4.69, 9.17) is 4.42 Å². The second kappa shape index (κ2) is 5.14. The molecule has 1 aromatic carbocycles. The topological polar surface area (TPSA) is 13.1 Å². The molecule has 0 aliphatic rings. The fourth-order valence-corrected chi connectivity index (χ4v) is 1.21. The van der Waals surface area contributed by atoms with E-state index in [9.17, 15) is 0 Å². The second-order valence-corrected chi connectivity index (χ2v) is 2.89. The highest BCUT2D eigenvalue weighted by molar-refractivity contribution is 5.77. The van der Waals surface area contributed by atoms with Crippen LogP contribution in [-0.2, 0) is 6.42 Å². The largest absolute Gasteiger partial charge is 0.461 e. The van der Waals surface area contributed by atoms with Gasteiger partial charge < -0.3 is 4.42 Å². The summed E-state index contributed by atoms with van der Waals surface area (Å²) in [5, 5.41) is 1.20. The van der Waals surface area contributed by atoms with Crippen LogP contribution in [0.3, 0.4) is 0 Å². The Morgan fingerprint density at radius 3 is 2.57 bits per heavy atom. The molecule has 0 aliphatic carbocycles. The molecule has 0 radical (unpaired) electrons. The van der Waals surface area contributed by atoms with Crippen molar-refractivity contribution in [2.75, 3.05) is 0 Å². The maximum Gasteiger partial charge on any atom is 0.134 e. The minimum Gasteiger partial charge on any atom is -0.461 e. The van der Waals surface area contributed by atoms with Crippen molar-refractivity contribution in [2.45, 2.75) is 20.3 Å². The Kier molecular flexibility index (Phi) is 3.82. The lowest BCUT2D eigenvalue weighted by Gasteiger charge is -1.83. The van der Waals surface area contributed by atoms with Crippen molar-refractivity contribution in [3.8, 4) is 12.3 Å². The zero-order valence-electron chi connectivity index (χ0n) is 8.58. The number of rotatable bonds is 1. The third-order valence-electron chi connectivity index (χ3n) is 1.83. The SMILES string of the molecule is C#CC.CCc1cc2ccccc2o1. The molecule has 1 aromatic heterocycles. The average molecular weight is 186 g/mol. The molecule has 0 unspecified atom stereocenters. The lowest BCUT2D eigenvalue weighted by atomic mass is 10.2. The van der Waals surface area contributed by atoms with Gasteiger partial charge in [-0.2, -0.15) is 0 Å². The highest BCUT2D eigenvalue weighted by atomic mass is 16.3. The molecule has 0 N–H and O–H groups in total. The summed E-state index contributed by atoms with van der Waals surface area (Å²) in [7, 11) is 0. The molecule has 2 rings (SSSR count). The molecule has 1 heteroatoms. The van der Waals surface area contributed by atoms with Gasteiger partial charge in [0, 0.05) is 11.8 Å². The monoisotopic (exact) mass is 186 g/mol. The number of furan rings is 1. The van der Waals surface area contributed by atoms with Gasteiger partial charge >= 0.3 is 0 Å². The van der Waals surface area contributed by atoms with Crippen LogP contribution in [0.25, 0.3) is 11.0 Å². The molecular formula is C13H14O. The van der Waals surface area contributed by atoms with Crippen molar-refractivity contribution in [2.24, 2.45) is 0 Å². The predicted octanol–water partition coefficient (Wildman–Crippen LogP) is 3.63. The van der Waals surface area contributed by atoms with Crippen LogP contribution in [0, 0.1) is 12.3 Å². The molecule has 14 heavy (non-hydrogen) atoms. The third-order valence-corrected chi connectivity index (χ3v) is 1.83. The number of hydrogen-bond donors (Lipinski definition) is 0. The Morgan fingerprint density at radius 2 is 2.00 bits per heavy atom. The van der Waals surface area contributed by atoms with Crippen molar-refractivity contribution in [1.29, 1.82) is 0 Å². The van der Waals surface area contributed by atoms with Crippen molar-refractivity contribution < 1.29 is 4.42 Å². The van der Waals surface area contributed by atoms with Gasteiger partial charge in [0.15, 0.2) is 0 Å². The van der Waals surface area contributed by atoms with E-state index in [0.717, 1.165) is 17.8 Å². The molecule has 72 valence electrons. The van der Waals surface area contributed by atoms with Gasteiger partial charge in [-0.05, 0) is 19.1 Å². The van der Waals surface area contributed by atoms with Crippen LogP contribution < -0.4 is 0 Å². The summed E-state index contributed by atoms with van der Waals surface area (Å²) >= 11 is 0. The summed E-state index contributed by atoms with van der Waals surface area (Å²) in [5.74, 6) is 3.31. The maximum absolute atomic E-state index is 5.52. The minimum absolute atomic E-state index is 0.967. The van der Waals surface area contributed by atoms with Crippen LogP contribution >= 0.6 is 0 Å². The van der Waals surface area contributed by atoms with E-state index in [1.165, 1.54) is 5.39 Å². The fraction of sp³-hybridized carbons (Fsp3) is 0.231. The van der Waals surface area contributed by atoms with Gasteiger partial charge in [0.2, 0.25) is 0 Å². The van der Waals surface area contributed by atoms with Crippen molar-refractivity contribution in [3.63, 3.8) is 0 Å². The van der Waals surface area contributed by atoms with Crippen LogP contribution in [0.2, 0.25) is 0 Å². The molecule has 2 aromatic rings. The minimum atomic E-state index is 0.967. The summed E-state index contributed by atoms with van der Waals surface area (Å²) < 4.78 is 5.52. The van der Waals surface area contributed by atoms with Gasteiger partial charge in [0.1, 0.15) is 11.3 Å². The maximum atomic E-state index is 5.52. The van der Waals surface area contributed by atoms with Crippen LogP contribution in [-0.4, -0.2) is 0 Å². The second-order valence-electron chi connectivity index (χ2n) is 2.89. The smallest absolute Gasteiger partial charge is 0.134 e. The average Bonchev–Trinajstić information content (AvgIpc) is 2.61. The Hall–Kier alpha value is -1.68. The Labute approximate surface area is 84.7 Å². The normalized spacial score (nSPS) is 8.93. The Balaban J connectivity index is 0.000000293. The van der Waals surface area contributed by atoms with Crippen LogP contribution in [0.4, 0.5) is 0 Å². The Morgan fingerprint density at radius 1 is 1.36 bits per heavy atom. The molecule has 0 saturated heterocycles. The first kappa shape index (κ1) is 10.4. The number of terminal acetylenes is 1. The molecule has 0 aliphatic heterocycles. The van der Waals surface area contributed by atoms with Gasteiger partial charge in [-0.25, -0.2) is 0 Å². The molecule has 1 nitrogen and oxygen atoms in total. The molecule has 0 spiro atoms. The first-order valence-corrected chi connectivity index (χ1v) is 4.66. The highest BCUT2D eigenvalue weighted by Gasteiger charge is 1.98. The molecule has 1 heterocycles. The zero-order chi connectivity index (χ0) is 10.4. The van der Waals surface area contributed by atoms with Gasteiger partial charge in [-0.15, -0.1) is 12.3 Å². The molecule has 0 saturated carbocycles. The number of aryl methyl sites for hydroxylation is 1. The van der Waals surface area contributed by atoms with E-state index in [-0.39, 0.29) is 0 Å². The standard InChI is InChI=1S/C10H10O.C3H4/c1-2-9-7-8-5-3-4-6-10(8)11-9;1-3-2/h3-7H,2H2,1H3;1H,2H3. The number of fused-ring (bicyclic) bond motifs is 1. The fourth-order valence-electron chi connectivity index (χ4n) is 1.21. The lowest BCUT2D eigenvalue weighted by Crippen LogP contribution is -1.67. The van der Waals surface area contributed by atoms with Crippen LogP contribution in [0.5, 0.6) is 0 Å². The summed E-state index contributed by atoms with van der Waals surface area (Å²) in [6.07, 6.45) is 5.56. The lowest BCUT2D eigenvalue weighted by molar-refractivity contribution is 0.557. The number of benzene rings is 1. The molecule has 0 bridgehead atoms. The van der Waals surface area contributed by atoms with Gasteiger partial charge in [-0.3, -0.25) is 0 Å².